The molecule has 51 valence electrons. The van der Waals surface area contributed by atoms with Crippen LogP contribution in [0.3, 0.4) is 0 Å². The average Bonchev–Trinajstić information content (AvgIpc) is 2.05. The maximum Gasteiger partial charge on any atom is 0.0845 e. The summed E-state index contributed by atoms with van der Waals surface area (Å²) in [6.07, 6.45) is 9.07. The van der Waals surface area contributed by atoms with E-state index in [9.17, 15) is 0 Å². The van der Waals surface area contributed by atoms with Crippen molar-refractivity contribution in [3.63, 3.8) is 0 Å². The molecule has 0 aromatic heterocycles. The lowest BCUT2D eigenvalue weighted by atomic mass is 10.0. The fraction of sp³-hybridized carbons (Fsp3) is 0.375. The molecule has 0 aromatic rings. The highest BCUT2D eigenvalue weighted by atomic mass is 14.9. The van der Waals surface area contributed by atoms with Crippen LogP contribution in [-0.4, -0.2) is 18.8 Å². The summed E-state index contributed by atoms with van der Waals surface area (Å²) in [6, 6.07) is 0.263. The zero-order chi connectivity index (χ0) is 6.81. The summed E-state index contributed by atoms with van der Waals surface area (Å²) in [4.78, 5) is 4.02. The van der Waals surface area contributed by atoms with Crippen LogP contribution >= 0.6 is 0 Å². The number of rotatable bonds is 0. The third kappa shape index (κ3) is 0.907. The van der Waals surface area contributed by atoms with Crippen molar-refractivity contribution in [2.45, 2.75) is 12.5 Å². The second-order valence-corrected chi connectivity index (χ2v) is 2.46. The van der Waals surface area contributed by atoms with E-state index in [-0.39, 0.29) is 6.04 Å². The summed E-state index contributed by atoms with van der Waals surface area (Å²) in [6.45, 7) is 0.952. The lowest BCUT2D eigenvalue weighted by Crippen LogP contribution is -2.30. The van der Waals surface area contributed by atoms with Gasteiger partial charge >= 0.3 is 0 Å². The number of nitrogens with zero attached hydrogens (tertiary/aromatic N) is 2. The first-order chi connectivity index (χ1) is 4.97. The number of fused-ring (bicyclic) bond motifs is 1. The van der Waals surface area contributed by atoms with Crippen molar-refractivity contribution in [1.82, 2.24) is 5.32 Å². The summed E-state index contributed by atoms with van der Waals surface area (Å²) in [5, 5.41) is 4.38. The van der Waals surface area contributed by atoms with Crippen LogP contribution in [0.2, 0.25) is 0 Å². The van der Waals surface area contributed by atoms with Crippen molar-refractivity contribution in [2.75, 3.05) is 6.54 Å². The van der Waals surface area contributed by atoms with Gasteiger partial charge in [0.1, 0.15) is 0 Å². The molecule has 2 heteroatoms. The van der Waals surface area contributed by atoms with Gasteiger partial charge in [0.05, 0.1) is 6.04 Å². The van der Waals surface area contributed by atoms with E-state index in [1.807, 2.05) is 18.5 Å². The number of hydrogen-bond donors (Lipinski definition) is 0. The van der Waals surface area contributed by atoms with Gasteiger partial charge in [0.15, 0.2) is 0 Å². The molecule has 0 spiro atoms. The van der Waals surface area contributed by atoms with Gasteiger partial charge in [0.25, 0.3) is 0 Å². The normalized spacial score (nSPS) is 29.6. The van der Waals surface area contributed by atoms with Crippen molar-refractivity contribution in [3.8, 4) is 0 Å². The lowest BCUT2D eigenvalue weighted by Gasteiger charge is -2.19. The molecule has 0 aromatic carbocycles. The van der Waals surface area contributed by atoms with Gasteiger partial charge in [0, 0.05) is 19.0 Å². The van der Waals surface area contributed by atoms with Crippen molar-refractivity contribution >= 4 is 6.21 Å². The van der Waals surface area contributed by atoms with Crippen LogP contribution < -0.4 is 5.32 Å². The van der Waals surface area contributed by atoms with Crippen LogP contribution in [0.4, 0.5) is 0 Å². The van der Waals surface area contributed by atoms with E-state index in [0.717, 1.165) is 13.0 Å². The standard InChI is InChI=1S/C8H9N2/c1-2-7-3-5-9-6-8(7)10-4-1/h2-3,5-6,8H,1,4H2. The maximum absolute atomic E-state index is 4.38. The smallest absolute Gasteiger partial charge is 0.0845 e. The molecular weight excluding hydrogens is 124 g/mol. The Morgan fingerprint density at radius 1 is 1.50 bits per heavy atom. The fourth-order valence-electron chi connectivity index (χ4n) is 1.23. The second-order valence-electron chi connectivity index (χ2n) is 2.46. The Morgan fingerprint density at radius 3 is 3.40 bits per heavy atom. The summed E-state index contributed by atoms with van der Waals surface area (Å²) in [5.74, 6) is 0. The molecule has 0 aliphatic carbocycles. The van der Waals surface area contributed by atoms with Gasteiger partial charge in [-0.3, -0.25) is 4.99 Å². The molecule has 0 amide bonds. The Morgan fingerprint density at radius 2 is 2.50 bits per heavy atom. The molecule has 0 N–H and O–H groups in total. The maximum atomic E-state index is 4.38. The molecule has 2 rings (SSSR count). The summed E-state index contributed by atoms with van der Waals surface area (Å²) in [7, 11) is 0. The van der Waals surface area contributed by atoms with Crippen molar-refractivity contribution in [2.24, 2.45) is 4.99 Å². The van der Waals surface area contributed by atoms with E-state index in [0.29, 0.717) is 0 Å². The SMILES string of the molecule is C1=CC2=CCC[N]C2C=N1. The third-order valence-corrected chi connectivity index (χ3v) is 1.76. The molecular formula is C8H9N2. The first kappa shape index (κ1) is 5.86. The van der Waals surface area contributed by atoms with E-state index < -0.39 is 0 Å². The third-order valence-electron chi connectivity index (χ3n) is 1.76. The number of aliphatic imine (C=N–C) groups is 1. The van der Waals surface area contributed by atoms with Crippen LogP contribution in [0.5, 0.6) is 0 Å². The van der Waals surface area contributed by atoms with Gasteiger partial charge in [-0.15, -0.1) is 0 Å². The highest BCUT2D eigenvalue weighted by Gasteiger charge is 2.14. The van der Waals surface area contributed by atoms with Gasteiger partial charge in [-0.2, -0.15) is 0 Å². The number of hydrogen-bond acceptors (Lipinski definition) is 1. The van der Waals surface area contributed by atoms with Crippen LogP contribution in [0.1, 0.15) is 6.42 Å². The predicted molar refractivity (Wildman–Crippen MR) is 41.1 cm³/mol. The Hall–Kier alpha value is -0.890. The van der Waals surface area contributed by atoms with E-state index in [4.69, 9.17) is 0 Å². The van der Waals surface area contributed by atoms with Crippen LogP contribution in [0, 0.1) is 0 Å². The zero-order valence-corrected chi connectivity index (χ0v) is 5.70. The van der Waals surface area contributed by atoms with Crippen molar-refractivity contribution in [3.05, 3.63) is 23.9 Å². The van der Waals surface area contributed by atoms with E-state index in [1.165, 1.54) is 5.57 Å². The minimum atomic E-state index is 0.263. The quantitative estimate of drug-likeness (QED) is 0.469. The molecule has 0 fully saturated rings. The van der Waals surface area contributed by atoms with Gasteiger partial charge in [0.2, 0.25) is 0 Å². The second kappa shape index (κ2) is 2.39. The van der Waals surface area contributed by atoms with Crippen LogP contribution in [0.25, 0.3) is 0 Å². The lowest BCUT2D eigenvalue weighted by molar-refractivity contribution is 0.644. The van der Waals surface area contributed by atoms with Crippen molar-refractivity contribution < 1.29 is 0 Å². The Balaban J connectivity index is 2.27. The minimum Gasteiger partial charge on any atom is -0.267 e. The zero-order valence-electron chi connectivity index (χ0n) is 5.70. The first-order valence-electron chi connectivity index (χ1n) is 3.53. The van der Waals surface area contributed by atoms with Crippen LogP contribution in [-0.2, 0) is 0 Å². The van der Waals surface area contributed by atoms with E-state index in [1.54, 1.807) is 0 Å². The molecule has 1 unspecified atom stereocenters. The topological polar surface area (TPSA) is 26.5 Å². The molecule has 1 radical (unpaired) electrons. The molecule has 2 nitrogen and oxygen atoms in total. The molecule has 2 aliphatic heterocycles. The molecule has 0 saturated heterocycles. The van der Waals surface area contributed by atoms with Gasteiger partial charge < -0.3 is 0 Å². The highest BCUT2D eigenvalue weighted by molar-refractivity contribution is 5.73. The Labute approximate surface area is 60.3 Å². The molecule has 10 heavy (non-hydrogen) atoms. The highest BCUT2D eigenvalue weighted by Crippen LogP contribution is 2.13. The monoisotopic (exact) mass is 133 g/mol. The molecule has 2 aliphatic rings. The Bertz CT molecular complexity index is 213. The molecule has 0 bridgehead atoms. The van der Waals surface area contributed by atoms with Crippen LogP contribution in [0.15, 0.2) is 28.9 Å². The first-order valence-corrected chi connectivity index (χ1v) is 3.53. The Kier molecular flexibility index (Phi) is 1.40. The van der Waals surface area contributed by atoms with Gasteiger partial charge in [-0.1, -0.05) is 6.08 Å². The molecule has 1 atom stereocenters. The van der Waals surface area contributed by atoms with E-state index >= 15 is 0 Å². The molecule has 2 heterocycles. The van der Waals surface area contributed by atoms with E-state index in [2.05, 4.69) is 16.4 Å². The predicted octanol–water partition coefficient (Wildman–Crippen LogP) is 0.888. The van der Waals surface area contributed by atoms with Crippen molar-refractivity contribution in [1.29, 1.82) is 0 Å². The van der Waals surface area contributed by atoms with Gasteiger partial charge in [-0.05, 0) is 18.1 Å². The fourth-order valence-corrected chi connectivity index (χ4v) is 1.23. The van der Waals surface area contributed by atoms with Gasteiger partial charge in [-0.25, -0.2) is 5.32 Å². The average molecular weight is 133 g/mol. The largest absolute Gasteiger partial charge is 0.267 e. The minimum absolute atomic E-state index is 0.263. The molecule has 0 saturated carbocycles. The summed E-state index contributed by atoms with van der Waals surface area (Å²) < 4.78 is 0. The summed E-state index contributed by atoms with van der Waals surface area (Å²) in [5.41, 5.74) is 1.31. The summed E-state index contributed by atoms with van der Waals surface area (Å²) >= 11 is 0.